The Bertz CT molecular complexity index is 399. The SMILES string of the molecule is Cc1cc(CC(C)(C)CC(F)(F)F)ncc1Br. The first-order valence-electron chi connectivity index (χ1n) is 5.27. The summed E-state index contributed by atoms with van der Waals surface area (Å²) in [6, 6.07) is 1.82. The Balaban J connectivity index is 2.79. The van der Waals surface area contributed by atoms with Crippen molar-refractivity contribution in [2.45, 2.75) is 39.8 Å². The molecule has 0 aliphatic rings. The zero-order chi connectivity index (χ0) is 13.3. The lowest BCUT2D eigenvalue weighted by Gasteiger charge is -2.25. The molecule has 0 aromatic carbocycles. The highest BCUT2D eigenvalue weighted by molar-refractivity contribution is 9.10. The lowest BCUT2D eigenvalue weighted by Crippen LogP contribution is -2.24. The van der Waals surface area contributed by atoms with Crippen molar-refractivity contribution in [1.29, 1.82) is 0 Å². The van der Waals surface area contributed by atoms with Crippen LogP contribution >= 0.6 is 15.9 Å². The van der Waals surface area contributed by atoms with Crippen LogP contribution in [0.15, 0.2) is 16.7 Å². The molecule has 0 radical (unpaired) electrons. The molecule has 0 aliphatic heterocycles. The van der Waals surface area contributed by atoms with Gasteiger partial charge in [0.2, 0.25) is 0 Å². The Morgan fingerprint density at radius 1 is 1.29 bits per heavy atom. The Hall–Kier alpha value is -0.580. The average Bonchev–Trinajstić information content (AvgIpc) is 2.06. The molecule has 0 amide bonds. The van der Waals surface area contributed by atoms with E-state index in [0.717, 1.165) is 10.0 Å². The highest BCUT2D eigenvalue weighted by Crippen LogP contribution is 2.35. The molecular formula is C12H15BrF3N. The number of nitrogens with zero attached hydrogens (tertiary/aromatic N) is 1. The molecule has 17 heavy (non-hydrogen) atoms. The monoisotopic (exact) mass is 309 g/mol. The Morgan fingerprint density at radius 2 is 1.88 bits per heavy atom. The van der Waals surface area contributed by atoms with Crippen molar-refractivity contribution in [2.24, 2.45) is 5.41 Å². The van der Waals surface area contributed by atoms with Crippen LogP contribution in [0.3, 0.4) is 0 Å². The molecule has 0 N–H and O–H groups in total. The summed E-state index contributed by atoms with van der Waals surface area (Å²) in [7, 11) is 0. The highest BCUT2D eigenvalue weighted by atomic mass is 79.9. The number of rotatable bonds is 3. The molecule has 5 heteroatoms. The Kier molecular flexibility index (Phi) is 4.23. The maximum atomic E-state index is 12.4. The first-order chi connectivity index (χ1) is 7.59. The minimum absolute atomic E-state index is 0.320. The number of halogens is 4. The molecule has 1 rings (SSSR count). The molecule has 1 aromatic heterocycles. The van der Waals surface area contributed by atoms with Crippen molar-refractivity contribution >= 4 is 15.9 Å². The van der Waals surface area contributed by atoms with E-state index in [1.54, 1.807) is 20.0 Å². The minimum Gasteiger partial charge on any atom is -0.260 e. The zero-order valence-corrected chi connectivity index (χ0v) is 11.6. The second-order valence-corrected chi connectivity index (χ2v) is 5.91. The summed E-state index contributed by atoms with van der Waals surface area (Å²) in [4.78, 5) is 4.14. The molecule has 0 fully saturated rings. The van der Waals surface area contributed by atoms with Crippen molar-refractivity contribution in [2.75, 3.05) is 0 Å². The van der Waals surface area contributed by atoms with Gasteiger partial charge in [0.25, 0.3) is 0 Å². The van der Waals surface area contributed by atoms with Gasteiger partial charge in [0.1, 0.15) is 0 Å². The number of alkyl halides is 3. The van der Waals surface area contributed by atoms with E-state index in [4.69, 9.17) is 0 Å². The van der Waals surface area contributed by atoms with Crippen molar-refractivity contribution in [1.82, 2.24) is 4.98 Å². The van der Waals surface area contributed by atoms with Gasteiger partial charge in [-0.1, -0.05) is 13.8 Å². The van der Waals surface area contributed by atoms with Crippen molar-refractivity contribution in [3.8, 4) is 0 Å². The third-order valence-electron chi connectivity index (χ3n) is 2.44. The summed E-state index contributed by atoms with van der Waals surface area (Å²) in [5.74, 6) is 0. The van der Waals surface area contributed by atoms with E-state index in [-0.39, 0.29) is 0 Å². The topological polar surface area (TPSA) is 12.9 Å². The van der Waals surface area contributed by atoms with Gasteiger partial charge in [0.15, 0.2) is 0 Å². The van der Waals surface area contributed by atoms with Crippen molar-refractivity contribution < 1.29 is 13.2 Å². The summed E-state index contributed by atoms with van der Waals surface area (Å²) in [6.45, 7) is 5.12. The fourth-order valence-electron chi connectivity index (χ4n) is 1.79. The van der Waals surface area contributed by atoms with E-state index in [2.05, 4.69) is 20.9 Å². The van der Waals surface area contributed by atoms with Gasteiger partial charge in [-0.2, -0.15) is 13.2 Å². The van der Waals surface area contributed by atoms with Gasteiger partial charge < -0.3 is 0 Å². The second kappa shape index (κ2) is 4.96. The number of hydrogen-bond acceptors (Lipinski definition) is 1. The summed E-state index contributed by atoms with van der Waals surface area (Å²) in [5, 5.41) is 0. The molecule has 0 saturated carbocycles. The van der Waals surface area contributed by atoms with Gasteiger partial charge >= 0.3 is 6.18 Å². The van der Waals surface area contributed by atoms with Crippen LogP contribution in [-0.4, -0.2) is 11.2 Å². The minimum atomic E-state index is -4.13. The number of aromatic nitrogens is 1. The summed E-state index contributed by atoms with van der Waals surface area (Å²) in [5.41, 5.74) is 0.851. The molecule has 0 aliphatic carbocycles. The van der Waals surface area contributed by atoms with Crippen LogP contribution in [0.2, 0.25) is 0 Å². The lowest BCUT2D eigenvalue weighted by atomic mass is 9.84. The van der Waals surface area contributed by atoms with Gasteiger partial charge in [-0.05, 0) is 46.3 Å². The Labute approximate surface area is 108 Å². The van der Waals surface area contributed by atoms with Crippen LogP contribution < -0.4 is 0 Å². The third kappa shape index (κ3) is 5.06. The third-order valence-corrected chi connectivity index (χ3v) is 3.27. The van der Waals surface area contributed by atoms with Crippen LogP contribution in [0, 0.1) is 12.3 Å². The quantitative estimate of drug-likeness (QED) is 0.790. The molecule has 1 nitrogen and oxygen atoms in total. The van der Waals surface area contributed by atoms with Crippen molar-refractivity contribution in [3.63, 3.8) is 0 Å². The Morgan fingerprint density at radius 3 is 2.35 bits per heavy atom. The van der Waals surface area contributed by atoms with E-state index in [9.17, 15) is 13.2 Å². The van der Waals surface area contributed by atoms with Crippen LogP contribution in [0.1, 0.15) is 31.5 Å². The fraction of sp³-hybridized carbons (Fsp3) is 0.583. The molecular weight excluding hydrogens is 295 g/mol. The van der Waals surface area contributed by atoms with Gasteiger partial charge in [0, 0.05) is 22.8 Å². The maximum absolute atomic E-state index is 12.4. The predicted octanol–water partition coefficient (Wildman–Crippen LogP) is 4.67. The molecule has 0 saturated heterocycles. The molecule has 96 valence electrons. The van der Waals surface area contributed by atoms with Crippen LogP contribution in [0.5, 0.6) is 0 Å². The van der Waals surface area contributed by atoms with E-state index in [1.165, 1.54) is 0 Å². The highest BCUT2D eigenvalue weighted by Gasteiger charge is 2.36. The zero-order valence-electron chi connectivity index (χ0n) is 10.0. The van der Waals surface area contributed by atoms with Crippen LogP contribution in [-0.2, 0) is 6.42 Å². The lowest BCUT2D eigenvalue weighted by molar-refractivity contribution is -0.154. The summed E-state index contributed by atoms with van der Waals surface area (Å²) >= 11 is 3.32. The van der Waals surface area contributed by atoms with E-state index >= 15 is 0 Å². The first-order valence-corrected chi connectivity index (χ1v) is 6.06. The summed E-state index contributed by atoms with van der Waals surface area (Å²) < 4.78 is 38.0. The molecule has 0 bridgehead atoms. The number of hydrogen-bond donors (Lipinski definition) is 0. The smallest absolute Gasteiger partial charge is 0.260 e. The molecule has 0 atom stereocenters. The van der Waals surface area contributed by atoms with Crippen LogP contribution in [0.4, 0.5) is 13.2 Å². The van der Waals surface area contributed by atoms with Crippen LogP contribution in [0.25, 0.3) is 0 Å². The number of pyridine rings is 1. The van der Waals surface area contributed by atoms with E-state index < -0.39 is 18.0 Å². The predicted molar refractivity (Wildman–Crippen MR) is 64.8 cm³/mol. The second-order valence-electron chi connectivity index (χ2n) is 5.06. The van der Waals surface area contributed by atoms with Gasteiger partial charge in [-0.25, -0.2) is 0 Å². The molecule has 0 unspecified atom stereocenters. The van der Waals surface area contributed by atoms with Gasteiger partial charge in [-0.15, -0.1) is 0 Å². The van der Waals surface area contributed by atoms with Crippen molar-refractivity contribution in [3.05, 3.63) is 28.0 Å². The fourth-order valence-corrected chi connectivity index (χ4v) is 2.01. The van der Waals surface area contributed by atoms with E-state index in [1.807, 2.05) is 13.0 Å². The molecule has 1 heterocycles. The summed E-state index contributed by atoms with van der Waals surface area (Å²) in [6.07, 6.45) is -2.97. The van der Waals surface area contributed by atoms with Gasteiger partial charge in [-0.3, -0.25) is 4.98 Å². The maximum Gasteiger partial charge on any atom is 0.389 e. The average molecular weight is 310 g/mol. The normalized spacial score (nSPS) is 12.9. The molecule has 1 aromatic rings. The van der Waals surface area contributed by atoms with Gasteiger partial charge in [0.05, 0.1) is 0 Å². The molecule has 0 spiro atoms. The van der Waals surface area contributed by atoms with E-state index in [0.29, 0.717) is 12.1 Å². The number of aryl methyl sites for hydroxylation is 1. The largest absolute Gasteiger partial charge is 0.389 e. The standard InChI is InChI=1S/C12H15BrF3N/c1-8-4-9(17-6-10(8)13)5-11(2,3)7-12(14,15)16/h4,6H,5,7H2,1-3H3. The first kappa shape index (κ1) is 14.5.